The second kappa shape index (κ2) is 9.38. The lowest BCUT2D eigenvalue weighted by Crippen LogP contribution is -2.41. The van der Waals surface area contributed by atoms with Crippen LogP contribution in [0.5, 0.6) is 5.75 Å². The van der Waals surface area contributed by atoms with Crippen molar-refractivity contribution in [2.24, 2.45) is 5.92 Å². The van der Waals surface area contributed by atoms with Crippen molar-refractivity contribution in [2.45, 2.75) is 43.6 Å². The van der Waals surface area contributed by atoms with Crippen molar-refractivity contribution in [2.75, 3.05) is 39.3 Å². The SMILES string of the molecule is C[C@H]1CCCN(C[C@H](O)COc2ccc(S(=O)(=O)N3CCCC3)cc2[N+](=O)[O-])C1. The van der Waals surface area contributed by atoms with Gasteiger partial charge in [-0.05, 0) is 50.3 Å². The van der Waals surface area contributed by atoms with E-state index >= 15 is 0 Å². The molecule has 1 aromatic carbocycles. The third kappa shape index (κ3) is 5.44. The van der Waals surface area contributed by atoms with Crippen LogP contribution in [0, 0.1) is 16.0 Å². The van der Waals surface area contributed by atoms with Crippen LogP contribution in [-0.2, 0) is 10.0 Å². The number of β-amino-alcohol motifs (C(OH)–C–C–N with tert-alkyl or cyclic N) is 1. The Labute approximate surface area is 171 Å². The number of nitro groups is 1. The Hall–Kier alpha value is -1.75. The maximum atomic E-state index is 12.7. The molecule has 0 unspecified atom stereocenters. The first-order valence-corrected chi connectivity index (χ1v) is 11.5. The van der Waals surface area contributed by atoms with Gasteiger partial charge in [0.05, 0.1) is 9.82 Å². The lowest BCUT2D eigenvalue weighted by molar-refractivity contribution is -0.386. The van der Waals surface area contributed by atoms with E-state index in [1.54, 1.807) is 0 Å². The average molecular weight is 428 g/mol. The fourth-order valence-corrected chi connectivity index (χ4v) is 5.53. The van der Waals surface area contributed by atoms with Gasteiger partial charge in [0.15, 0.2) is 5.75 Å². The zero-order valence-corrected chi connectivity index (χ0v) is 17.5. The lowest BCUT2D eigenvalue weighted by Gasteiger charge is -2.32. The Morgan fingerprint density at radius 3 is 2.66 bits per heavy atom. The molecular formula is C19H29N3O6S. The Kier molecular flexibility index (Phi) is 7.10. The van der Waals surface area contributed by atoms with Gasteiger partial charge in [-0.15, -0.1) is 0 Å². The van der Waals surface area contributed by atoms with Gasteiger partial charge in [-0.1, -0.05) is 6.92 Å². The number of ether oxygens (including phenoxy) is 1. The molecule has 29 heavy (non-hydrogen) atoms. The monoisotopic (exact) mass is 427 g/mol. The van der Waals surface area contributed by atoms with Crippen LogP contribution in [0.2, 0.25) is 0 Å². The fraction of sp³-hybridized carbons (Fsp3) is 0.684. The van der Waals surface area contributed by atoms with Gasteiger partial charge in [0.2, 0.25) is 10.0 Å². The predicted molar refractivity (Wildman–Crippen MR) is 107 cm³/mol. The smallest absolute Gasteiger partial charge is 0.312 e. The van der Waals surface area contributed by atoms with E-state index in [1.165, 1.54) is 22.9 Å². The molecule has 1 aromatic rings. The first-order valence-electron chi connectivity index (χ1n) is 10.1. The number of rotatable bonds is 8. The van der Waals surface area contributed by atoms with E-state index in [0.717, 1.165) is 38.4 Å². The van der Waals surface area contributed by atoms with Crippen LogP contribution >= 0.6 is 0 Å². The van der Waals surface area contributed by atoms with Crippen molar-refractivity contribution in [3.8, 4) is 5.75 Å². The Morgan fingerprint density at radius 2 is 2.00 bits per heavy atom. The number of benzene rings is 1. The lowest BCUT2D eigenvalue weighted by atomic mass is 10.0. The molecule has 10 heteroatoms. The standard InChI is InChI=1S/C19H29N3O6S/c1-15-5-4-8-20(12-15)13-16(23)14-28-19-7-6-17(11-18(19)22(24)25)29(26,27)21-9-2-3-10-21/h6-7,11,15-16,23H,2-5,8-10,12-14H2,1H3/t15-,16-/m0/s1. The molecule has 0 amide bonds. The van der Waals surface area contributed by atoms with Crippen molar-refractivity contribution in [3.63, 3.8) is 0 Å². The van der Waals surface area contributed by atoms with Gasteiger partial charge in [-0.25, -0.2) is 8.42 Å². The van der Waals surface area contributed by atoms with E-state index < -0.39 is 26.7 Å². The quantitative estimate of drug-likeness (QED) is 0.497. The van der Waals surface area contributed by atoms with Crippen molar-refractivity contribution in [1.29, 1.82) is 0 Å². The third-order valence-electron chi connectivity index (χ3n) is 5.47. The molecule has 0 radical (unpaired) electrons. The van der Waals surface area contributed by atoms with Gasteiger partial charge in [-0.3, -0.25) is 10.1 Å². The summed E-state index contributed by atoms with van der Waals surface area (Å²) in [5.41, 5.74) is -0.413. The van der Waals surface area contributed by atoms with Gasteiger partial charge in [0.25, 0.3) is 0 Å². The summed E-state index contributed by atoms with van der Waals surface area (Å²) in [6, 6.07) is 3.67. The molecular weight excluding hydrogens is 398 g/mol. The van der Waals surface area contributed by atoms with E-state index in [0.29, 0.717) is 25.6 Å². The molecule has 2 atom stereocenters. The number of hydrogen-bond acceptors (Lipinski definition) is 7. The van der Waals surface area contributed by atoms with E-state index in [9.17, 15) is 23.6 Å². The van der Waals surface area contributed by atoms with E-state index in [4.69, 9.17) is 4.74 Å². The molecule has 9 nitrogen and oxygen atoms in total. The van der Waals surface area contributed by atoms with Crippen molar-refractivity contribution < 1.29 is 23.2 Å². The fourth-order valence-electron chi connectivity index (χ4n) is 3.99. The molecule has 0 saturated carbocycles. The van der Waals surface area contributed by atoms with Gasteiger partial charge in [0, 0.05) is 32.2 Å². The van der Waals surface area contributed by atoms with Crippen LogP contribution in [0.3, 0.4) is 0 Å². The molecule has 0 aliphatic carbocycles. The maximum Gasteiger partial charge on any atom is 0.312 e. The normalized spacial score (nSPS) is 22.5. The topological polar surface area (TPSA) is 113 Å². The Balaban J connectivity index is 1.66. The van der Waals surface area contributed by atoms with Gasteiger partial charge < -0.3 is 14.7 Å². The highest BCUT2D eigenvalue weighted by Gasteiger charge is 2.30. The van der Waals surface area contributed by atoms with Gasteiger partial charge in [0.1, 0.15) is 12.7 Å². The van der Waals surface area contributed by atoms with Crippen LogP contribution in [0.15, 0.2) is 23.1 Å². The number of piperidine rings is 1. The second-order valence-electron chi connectivity index (χ2n) is 7.97. The van der Waals surface area contributed by atoms with Crippen LogP contribution in [-0.4, -0.2) is 73.1 Å². The zero-order valence-electron chi connectivity index (χ0n) is 16.7. The molecule has 2 aliphatic rings. The average Bonchev–Trinajstić information content (AvgIpc) is 3.22. The number of aliphatic hydroxyl groups is 1. The highest BCUT2D eigenvalue weighted by atomic mass is 32.2. The highest BCUT2D eigenvalue weighted by molar-refractivity contribution is 7.89. The minimum absolute atomic E-state index is 0.0403. The van der Waals surface area contributed by atoms with Gasteiger partial charge in [-0.2, -0.15) is 4.31 Å². The van der Waals surface area contributed by atoms with Crippen LogP contribution in [0.4, 0.5) is 5.69 Å². The Bertz CT molecular complexity index is 825. The number of nitro benzene ring substituents is 1. The van der Waals surface area contributed by atoms with E-state index in [2.05, 4.69) is 11.8 Å². The summed E-state index contributed by atoms with van der Waals surface area (Å²) in [5, 5.41) is 21.7. The van der Waals surface area contributed by atoms with Crippen molar-refractivity contribution >= 4 is 15.7 Å². The number of sulfonamides is 1. The van der Waals surface area contributed by atoms with Crippen LogP contribution in [0.25, 0.3) is 0 Å². The summed E-state index contributed by atoms with van der Waals surface area (Å²) < 4.78 is 32.1. The summed E-state index contributed by atoms with van der Waals surface area (Å²) in [7, 11) is -3.75. The van der Waals surface area contributed by atoms with Crippen molar-refractivity contribution in [1.82, 2.24) is 9.21 Å². The van der Waals surface area contributed by atoms with Crippen LogP contribution < -0.4 is 4.74 Å². The van der Waals surface area contributed by atoms with Crippen LogP contribution in [0.1, 0.15) is 32.6 Å². The minimum atomic E-state index is -3.75. The summed E-state index contributed by atoms with van der Waals surface area (Å²) in [6.45, 7) is 5.22. The van der Waals surface area contributed by atoms with Crippen molar-refractivity contribution in [3.05, 3.63) is 28.3 Å². The Morgan fingerprint density at radius 1 is 1.28 bits per heavy atom. The molecule has 2 fully saturated rings. The van der Waals surface area contributed by atoms with Gasteiger partial charge >= 0.3 is 5.69 Å². The molecule has 2 aliphatic heterocycles. The molecule has 3 rings (SSSR count). The summed E-state index contributed by atoms with van der Waals surface area (Å²) in [4.78, 5) is 12.9. The maximum absolute atomic E-state index is 12.7. The molecule has 2 saturated heterocycles. The highest BCUT2D eigenvalue weighted by Crippen LogP contribution is 2.32. The number of hydrogen-bond donors (Lipinski definition) is 1. The second-order valence-corrected chi connectivity index (χ2v) is 9.91. The number of aliphatic hydroxyl groups excluding tert-OH is 1. The first kappa shape index (κ1) is 21.9. The largest absolute Gasteiger partial charge is 0.484 e. The third-order valence-corrected chi connectivity index (χ3v) is 7.37. The summed E-state index contributed by atoms with van der Waals surface area (Å²) >= 11 is 0. The predicted octanol–water partition coefficient (Wildman–Crippen LogP) is 1.85. The molecule has 1 N–H and O–H groups in total. The number of likely N-dealkylation sites (tertiary alicyclic amines) is 1. The molecule has 0 aromatic heterocycles. The molecule has 2 heterocycles. The summed E-state index contributed by atoms with van der Waals surface area (Å²) in [5.74, 6) is 0.546. The number of nitrogens with zero attached hydrogens (tertiary/aromatic N) is 3. The van der Waals surface area contributed by atoms with E-state index in [1.807, 2.05) is 0 Å². The molecule has 0 spiro atoms. The molecule has 0 bridgehead atoms. The summed E-state index contributed by atoms with van der Waals surface area (Å²) in [6.07, 6.45) is 3.06. The van der Waals surface area contributed by atoms with E-state index in [-0.39, 0.29) is 17.3 Å². The first-order chi connectivity index (χ1) is 13.8. The zero-order chi connectivity index (χ0) is 21.0. The molecule has 162 valence electrons. The minimum Gasteiger partial charge on any atom is -0.484 e.